The Balaban J connectivity index is 2.89. The summed E-state index contributed by atoms with van der Waals surface area (Å²) in [6.07, 6.45) is -2.93. The molecule has 1 aromatic rings. The summed E-state index contributed by atoms with van der Waals surface area (Å²) in [7, 11) is 0. The van der Waals surface area contributed by atoms with Gasteiger partial charge in [-0.05, 0) is 25.0 Å². The van der Waals surface area contributed by atoms with Gasteiger partial charge in [-0.15, -0.1) is 0 Å². The maximum Gasteiger partial charge on any atom is 0.434 e. The van der Waals surface area contributed by atoms with Gasteiger partial charge in [0.2, 0.25) is 0 Å². The molecule has 0 atom stereocenters. The van der Waals surface area contributed by atoms with Gasteiger partial charge in [-0.3, -0.25) is 9.78 Å². The van der Waals surface area contributed by atoms with Gasteiger partial charge in [-0.1, -0.05) is 13.8 Å². The summed E-state index contributed by atoms with van der Waals surface area (Å²) in [5.41, 5.74) is -2.89. The number of aromatic nitrogens is 1. The molecule has 0 aromatic carbocycles. The fraction of sp³-hybridized carbons (Fsp3) is 0.538. The first-order valence-electron chi connectivity index (χ1n) is 6.26. The van der Waals surface area contributed by atoms with Gasteiger partial charge in [0.1, 0.15) is 0 Å². The molecule has 0 bridgehead atoms. The molecule has 0 aliphatic heterocycles. The fourth-order valence-electron chi connectivity index (χ4n) is 1.65. The van der Waals surface area contributed by atoms with Gasteiger partial charge in [-0.2, -0.15) is 13.2 Å². The first-order chi connectivity index (χ1) is 9.23. The van der Waals surface area contributed by atoms with Crippen molar-refractivity contribution < 1.29 is 23.1 Å². The molecular formula is C13H17F3N2O2. The van der Waals surface area contributed by atoms with Crippen LogP contribution in [0.15, 0.2) is 18.3 Å². The minimum atomic E-state index is -4.69. The number of carbonyl (C=O) groups is 1. The predicted molar refractivity (Wildman–Crippen MR) is 67.1 cm³/mol. The Hall–Kier alpha value is -1.63. The molecule has 4 nitrogen and oxygen atoms in total. The van der Waals surface area contributed by atoms with E-state index in [1.807, 2.05) is 0 Å². The lowest BCUT2D eigenvalue weighted by atomic mass is 9.97. The highest BCUT2D eigenvalue weighted by Crippen LogP contribution is 2.30. The number of nitrogens with one attached hydrogen (secondary N) is 1. The maximum atomic E-state index is 12.7. The molecule has 0 saturated heterocycles. The van der Waals surface area contributed by atoms with E-state index in [-0.39, 0.29) is 6.54 Å². The van der Waals surface area contributed by atoms with Gasteiger partial charge in [0.25, 0.3) is 5.91 Å². The van der Waals surface area contributed by atoms with Crippen LogP contribution in [0.5, 0.6) is 0 Å². The Kier molecular flexibility index (Phi) is 5.10. The molecule has 1 aromatic heterocycles. The van der Waals surface area contributed by atoms with Crippen LogP contribution in [0.25, 0.3) is 0 Å². The van der Waals surface area contributed by atoms with Crippen molar-refractivity contribution >= 4 is 5.91 Å². The van der Waals surface area contributed by atoms with Crippen molar-refractivity contribution in [3.05, 3.63) is 29.6 Å². The number of aliphatic hydroxyl groups is 1. The van der Waals surface area contributed by atoms with Crippen LogP contribution in [0.2, 0.25) is 0 Å². The third-order valence-electron chi connectivity index (χ3n) is 3.22. The van der Waals surface area contributed by atoms with Crippen LogP contribution < -0.4 is 5.32 Å². The summed E-state index contributed by atoms with van der Waals surface area (Å²) in [5, 5.41) is 12.3. The molecule has 0 aliphatic rings. The molecule has 20 heavy (non-hydrogen) atoms. The SMILES string of the molecule is CCC(O)(CC)CNC(=O)c1cccnc1C(F)(F)F. The minimum absolute atomic E-state index is 0.106. The topological polar surface area (TPSA) is 62.2 Å². The van der Waals surface area contributed by atoms with Gasteiger partial charge < -0.3 is 10.4 Å². The molecule has 0 unspecified atom stereocenters. The number of carbonyl (C=O) groups excluding carboxylic acids is 1. The molecule has 0 fully saturated rings. The molecule has 0 spiro atoms. The van der Waals surface area contributed by atoms with Crippen molar-refractivity contribution in [1.82, 2.24) is 10.3 Å². The van der Waals surface area contributed by atoms with Crippen LogP contribution >= 0.6 is 0 Å². The largest absolute Gasteiger partial charge is 0.434 e. The second kappa shape index (κ2) is 6.21. The maximum absolute atomic E-state index is 12.7. The first kappa shape index (κ1) is 16.4. The van der Waals surface area contributed by atoms with E-state index in [4.69, 9.17) is 0 Å². The molecule has 0 saturated carbocycles. The van der Waals surface area contributed by atoms with Gasteiger partial charge in [-0.25, -0.2) is 0 Å². The Labute approximate surface area is 115 Å². The van der Waals surface area contributed by atoms with Crippen molar-refractivity contribution in [3.8, 4) is 0 Å². The number of halogens is 3. The number of alkyl halides is 3. The third kappa shape index (κ3) is 3.93. The summed E-state index contributed by atoms with van der Waals surface area (Å²) in [5.74, 6) is -0.897. The van der Waals surface area contributed by atoms with Crippen LogP contribution in [0.4, 0.5) is 13.2 Å². The summed E-state index contributed by atoms with van der Waals surface area (Å²) in [6, 6.07) is 2.32. The summed E-state index contributed by atoms with van der Waals surface area (Å²) < 4.78 is 38.2. The first-order valence-corrected chi connectivity index (χ1v) is 6.26. The van der Waals surface area contributed by atoms with Crippen molar-refractivity contribution in [3.63, 3.8) is 0 Å². The molecule has 112 valence electrons. The van der Waals surface area contributed by atoms with E-state index < -0.39 is 28.9 Å². The zero-order valence-electron chi connectivity index (χ0n) is 11.3. The van der Waals surface area contributed by atoms with Crippen LogP contribution in [0, 0.1) is 0 Å². The Bertz CT molecular complexity index is 471. The van der Waals surface area contributed by atoms with Crippen LogP contribution in [0.1, 0.15) is 42.7 Å². The van der Waals surface area contributed by atoms with E-state index in [0.717, 1.165) is 12.3 Å². The van der Waals surface area contributed by atoms with E-state index in [1.165, 1.54) is 6.07 Å². The lowest BCUT2D eigenvalue weighted by Gasteiger charge is -2.25. The molecule has 0 radical (unpaired) electrons. The van der Waals surface area contributed by atoms with Gasteiger partial charge in [0.05, 0.1) is 11.2 Å². The van der Waals surface area contributed by atoms with Crippen molar-refractivity contribution in [2.24, 2.45) is 0 Å². The number of amides is 1. The monoisotopic (exact) mass is 290 g/mol. The normalized spacial score (nSPS) is 12.3. The molecule has 2 N–H and O–H groups in total. The number of nitrogens with zero attached hydrogens (tertiary/aromatic N) is 1. The lowest BCUT2D eigenvalue weighted by molar-refractivity contribution is -0.141. The standard InChI is InChI=1S/C13H17F3N2O2/c1-3-12(20,4-2)8-18-11(19)9-6-5-7-17-10(9)13(14,15)16/h5-7,20H,3-4,8H2,1-2H3,(H,18,19). The van der Waals surface area contributed by atoms with E-state index in [2.05, 4.69) is 10.3 Å². The second-order valence-corrected chi connectivity index (χ2v) is 4.51. The van der Waals surface area contributed by atoms with E-state index in [1.54, 1.807) is 13.8 Å². The highest BCUT2D eigenvalue weighted by molar-refractivity contribution is 5.95. The van der Waals surface area contributed by atoms with Crippen molar-refractivity contribution in [2.45, 2.75) is 38.5 Å². The fourth-order valence-corrected chi connectivity index (χ4v) is 1.65. The molecule has 1 heterocycles. The summed E-state index contributed by atoms with van der Waals surface area (Å²) >= 11 is 0. The summed E-state index contributed by atoms with van der Waals surface area (Å²) in [4.78, 5) is 15.0. The molecular weight excluding hydrogens is 273 g/mol. The number of rotatable bonds is 5. The van der Waals surface area contributed by atoms with Crippen molar-refractivity contribution in [1.29, 1.82) is 0 Å². The Morgan fingerprint density at radius 2 is 1.95 bits per heavy atom. The van der Waals surface area contributed by atoms with Crippen LogP contribution in [0.3, 0.4) is 0 Å². The number of hydrogen-bond donors (Lipinski definition) is 2. The molecule has 1 amide bonds. The zero-order valence-corrected chi connectivity index (χ0v) is 11.3. The second-order valence-electron chi connectivity index (χ2n) is 4.51. The average Bonchev–Trinajstić information content (AvgIpc) is 2.43. The van der Waals surface area contributed by atoms with E-state index >= 15 is 0 Å². The quantitative estimate of drug-likeness (QED) is 0.875. The lowest BCUT2D eigenvalue weighted by Crippen LogP contribution is -2.42. The molecule has 1 rings (SSSR count). The predicted octanol–water partition coefficient (Wildman–Crippen LogP) is 2.38. The average molecular weight is 290 g/mol. The molecule has 7 heteroatoms. The van der Waals surface area contributed by atoms with Crippen LogP contribution in [-0.4, -0.2) is 28.1 Å². The third-order valence-corrected chi connectivity index (χ3v) is 3.22. The van der Waals surface area contributed by atoms with Gasteiger partial charge in [0, 0.05) is 12.7 Å². The zero-order chi connectivity index (χ0) is 15.4. The summed E-state index contributed by atoms with van der Waals surface area (Å²) in [6.45, 7) is 3.37. The smallest absolute Gasteiger partial charge is 0.388 e. The van der Waals surface area contributed by atoms with Crippen molar-refractivity contribution in [2.75, 3.05) is 6.54 Å². The number of hydrogen-bond acceptors (Lipinski definition) is 3. The van der Waals surface area contributed by atoms with Gasteiger partial charge in [0.15, 0.2) is 5.69 Å². The highest BCUT2D eigenvalue weighted by atomic mass is 19.4. The van der Waals surface area contributed by atoms with E-state index in [0.29, 0.717) is 12.8 Å². The Morgan fingerprint density at radius 1 is 1.35 bits per heavy atom. The highest BCUT2D eigenvalue weighted by Gasteiger charge is 2.37. The van der Waals surface area contributed by atoms with Crippen LogP contribution in [-0.2, 0) is 6.18 Å². The Morgan fingerprint density at radius 3 is 2.45 bits per heavy atom. The number of pyridine rings is 1. The molecule has 0 aliphatic carbocycles. The van der Waals surface area contributed by atoms with Gasteiger partial charge >= 0.3 is 6.18 Å². The minimum Gasteiger partial charge on any atom is -0.388 e. The van der Waals surface area contributed by atoms with E-state index in [9.17, 15) is 23.1 Å².